The summed E-state index contributed by atoms with van der Waals surface area (Å²) in [5.74, 6) is 0.709. The Labute approximate surface area is 151 Å². The number of halogens is 1. The molecular formula is C19H21FN6. The van der Waals surface area contributed by atoms with Gasteiger partial charge in [-0.1, -0.05) is 12.1 Å². The molecule has 0 spiro atoms. The van der Waals surface area contributed by atoms with Gasteiger partial charge in [0.1, 0.15) is 11.6 Å². The number of nitrogens with zero attached hydrogens (tertiary/aromatic N) is 6. The van der Waals surface area contributed by atoms with E-state index in [0.29, 0.717) is 0 Å². The van der Waals surface area contributed by atoms with Crippen LogP contribution in [0.15, 0.2) is 49.1 Å². The lowest BCUT2D eigenvalue weighted by atomic mass is 10.2. The summed E-state index contributed by atoms with van der Waals surface area (Å²) in [6.07, 6.45) is 7.30. The number of aromatic nitrogens is 4. The Morgan fingerprint density at radius 1 is 1.08 bits per heavy atom. The van der Waals surface area contributed by atoms with E-state index in [0.717, 1.165) is 55.4 Å². The molecule has 1 saturated heterocycles. The Morgan fingerprint density at radius 2 is 1.92 bits per heavy atom. The van der Waals surface area contributed by atoms with Crippen LogP contribution in [-0.2, 0) is 13.6 Å². The summed E-state index contributed by atoms with van der Waals surface area (Å²) in [4.78, 5) is 13.7. The van der Waals surface area contributed by atoms with Crippen LogP contribution in [0.3, 0.4) is 0 Å². The normalized spacial score (nSPS) is 15.4. The minimum Gasteiger partial charge on any atom is -0.353 e. The van der Waals surface area contributed by atoms with Crippen molar-refractivity contribution in [2.75, 3.05) is 31.1 Å². The number of benzene rings is 1. The molecule has 0 bridgehead atoms. The fourth-order valence-corrected chi connectivity index (χ4v) is 3.23. The molecule has 3 heterocycles. The standard InChI is InChI=1S/C19H21FN6/c1-24-14-16(10-22-24)18-11-21-12-19(23-18)26-7-5-25(6-8-26)13-15-3-2-4-17(20)9-15/h2-4,9-12,14H,5-8,13H2,1H3. The Kier molecular flexibility index (Phi) is 4.62. The predicted molar refractivity (Wildman–Crippen MR) is 98.1 cm³/mol. The van der Waals surface area contributed by atoms with Crippen LogP contribution in [-0.4, -0.2) is 50.8 Å². The van der Waals surface area contributed by atoms with Crippen molar-refractivity contribution >= 4 is 5.82 Å². The molecule has 1 fully saturated rings. The van der Waals surface area contributed by atoms with Gasteiger partial charge in [0.15, 0.2) is 0 Å². The van der Waals surface area contributed by atoms with Crippen molar-refractivity contribution in [2.24, 2.45) is 7.05 Å². The molecule has 0 N–H and O–H groups in total. The molecule has 1 aromatic carbocycles. The zero-order valence-corrected chi connectivity index (χ0v) is 14.7. The molecule has 0 atom stereocenters. The van der Waals surface area contributed by atoms with Crippen LogP contribution < -0.4 is 4.90 Å². The van der Waals surface area contributed by atoms with Crippen molar-refractivity contribution in [2.45, 2.75) is 6.54 Å². The minimum atomic E-state index is -0.177. The Morgan fingerprint density at radius 3 is 2.65 bits per heavy atom. The van der Waals surface area contributed by atoms with Crippen molar-refractivity contribution < 1.29 is 4.39 Å². The molecule has 4 rings (SSSR count). The molecule has 0 saturated carbocycles. The first kappa shape index (κ1) is 16.7. The lowest BCUT2D eigenvalue weighted by Gasteiger charge is -2.35. The first-order valence-corrected chi connectivity index (χ1v) is 8.70. The highest BCUT2D eigenvalue weighted by Gasteiger charge is 2.19. The summed E-state index contributed by atoms with van der Waals surface area (Å²) in [5.41, 5.74) is 2.81. The van der Waals surface area contributed by atoms with Crippen molar-refractivity contribution in [3.05, 3.63) is 60.4 Å². The van der Waals surface area contributed by atoms with Gasteiger partial charge < -0.3 is 4.90 Å². The van der Waals surface area contributed by atoms with Crippen molar-refractivity contribution in [1.82, 2.24) is 24.6 Å². The molecule has 6 nitrogen and oxygen atoms in total. The maximum atomic E-state index is 13.3. The van der Waals surface area contributed by atoms with E-state index in [9.17, 15) is 4.39 Å². The topological polar surface area (TPSA) is 50.1 Å². The molecule has 2 aromatic heterocycles. The van der Waals surface area contributed by atoms with Gasteiger partial charge in [0.05, 0.1) is 24.3 Å². The average molecular weight is 352 g/mol. The van der Waals surface area contributed by atoms with Crippen LogP contribution in [0.5, 0.6) is 0 Å². The van der Waals surface area contributed by atoms with Crippen LogP contribution in [0.25, 0.3) is 11.3 Å². The number of hydrogen-bond donors (Lipinski definition) is 0. The first-order chi connectivity index (χ1) is 12.7. The molecule has 134 valence electrons. The second-order valence-corrected chi connectivity index (χ2v) is 6.56. The number of aryl methyl sites for hydroxylation is 1. The van der Waals surface area contributed by atoms with E-state index in [2.05, 4.69) is 19.9 Å². The summed E-state index contributed by atoms with van der Waals surface area (Å²) in [6, 6.07) is 6.82. The van der Waals surface area contributed by atoms with Gasteiger partial charge in [0.25, 0.3) is 0 Å². The predicted octanol–water partition coefficient (Wildman–Crippen LogP) is 2.34. The van der Waals surface area contributed by atoms with E-state index in [4.69, 9.17) is 4.98 Å². The molecule has 0 radical (unpaired) electrons. The van der Waals surface area contributed by atoms with Gasteiger partial charge in [0.2, 0.25) is 0 Å². The first-order valence-electron chi connectivity index (χ1n) is 8.70. The van der Waals surface area contributed by atoms with Crippen LogP contribution >= 0.6 is 0 Å². The highest BCUT2D eigenvalue weighted by atomic mass is 19.1. The zero-order chi connectivity index (χ0) is 17.9. The van der Waals surface area contributed by atoms with Gasteiger partial charge in [-0.05, 0) is 17.7 Å². The monoisotopic (exact) mass is 352 g/mol. The van der Waals surface area contributed by atoms with Gasteiger partial charge in [-0.3, -0.25) is 14.6 Å². The molecule has 26 heavy (non-hydrogen) atoms. The summed E-state index contributed by atoms with van der Waals surface area (Å²) < 4.78 is 15.1. The largest absolute Gasteiger partial charge is 0.353 e. The second-order valence-electron chi connectivity index (χ2n) is 6.56. The van der Waals surface area contributed by atoms with Crippen LogP contribution in [0.2, 0.25) is 0 Å². The van der Waals surface area contributed by atoms with Crippen LogP contribution in [0.4, 0.5) is 10.2 Å². The fraction of sp³-hybridized carbons (Fsp3) is 0.316. The maximum absolute atomic E-state index is 13.3. The van der Waals surface area contributed by atoms with E-state index in [1.54, 1.807) is 29.2 Å². The molecule has 7 heteroatoms. The number of piperazine rings is 1. The SMILES string of the molecule is Cn1cc(-c2cncc(N3CCN(Cc4cccc(F)c4)CC3)n2)cn1. The summed E-state index contributed by atoms with van der Waals surface area (Å²) >= 11 is 0. The zero-order valence-electron chi connectivity index (χ0n) is 14.7. The lowest BCUT2D eigenvalue weighted by Crippen LogP contribution is -2.46. The third-order valence-electron chi connectivity index (χ3n) is 4.61. The Balaban J connectivity index is 1.40. The summed E-state index contributed by atoms with van der Waals surface area (Å²) in [5, 5.41) is 4.19. The molecule has 1 aliphatic heterocycles. The highest BCUT2D eigenvalue weighted by Crippen LogP contribution is 2.20. The van der Waals surface area contributed by atoms with Gasteiger partial charge in [0, 0.05) is 51.5 Å². The Hall–Kier alpha value is -2.80. The van der Waals surface area contributed by atoms with E-state index in [1.165, 1.54) is 6.07 Å². The second kappa shape index (κ2) is 7.21. The van der Waals surface area contributed by atoms with Crippen molar-refractivity contribution in [3.8, 4) is 11.3 Å². The quantitative estimate of drug-likeness (QED) is 0.721. The lowest BCUT2D eigenvalue weighted by molar-refractivity contribution is 0.249. The smallest absolute Gasteiger partial charge is 0.147 e. The van der Waals surface area contributed by atoms with Gasteiger partial charge >= 0.3 is 0 Å². The highest BCUT2D eigenvalue weighted by molar-refractivity contribution is 5.58. The number of rotatable bonds is 4. The summed E-state index contributed by atoms with van der Waals surface area (Å²) in [6.45, 7) is 4.35. The van der Waals surface area contributed by atoms with E-state index < -0.39 is 0 Å². The minimum absolute atomic E-state index is 0.177. The average Bonchev–Trinajstić information content (AvgIpc) is 3.09. The molecule has 0 unspecified atom stereocenters. The maximum Gasteiger partial charge on any atom is 0.147 e. The number of hydrogen-bond acceptors (Lipinski definition) is 5. The van der Waals surface area contributed by atoms with Crippen LogP contribution in [0.1, 0.15) is 5.56 Å². The van der Waals surface area contributed by atoms with Gasteiger partial charge in [-0.15, -0.1) is 0 Å². The summed E-state index contributed by atoms with van der Waals surface area (Å²) in [7, 11) is 1.89. The molecule has 0 aliphatic carbocycles. The fourth-order valence-electron chi connectivity index (χ4n) is 3.23. The van der Waals surface area contributed by atoms with E-state index in [1.807, 2.05) is 25.5 Å². The van der Waals surface area contributed by atoms with E-state index in [-0.39, 0.29) is 5.82 Å². The molecule has 1 aliphatic rings. The molecule has 3 aromatic rings. The van der Waals surface area contributed by atoms with Gasteiger partial charge in [-0.2, -0.15) is 5.10 Å². The van der Waals surface area contributed by atoms with Gasteiger partial charge in [-0.25, -0.2) is 9.37 Å². The third-order valence-corrected chi connectivity index (χ3v) is 4.61. The Bertz CT molecular complexity index is 885. The van der Waals surface area contributed by atoms with E-state index >= 15 is 0 Å². The van der Waals surface area contributed by atoms with Crippen molar-refractivity contribution in [3.63, 3.8) is 0 Å². The van der Waals surface area contributed by atoms with Crippen LogP contribution in [0, 0.1) is 5.82 Å². The van der Waals surface area contributed by atoms with Crippen molar-refractivity contribution in [1.29, 1.82) is 0 Å². The molecular weight excluding hydrogens is 331 g/mol. The number of anilines is 1. The molecule has 0 amide bonds. The third kappa shape index (κ3) is 3.72.